The first-order valence-electron chi connectivity index (χ1n) is 4.41. The van der Waals surface area contributed by atoms with E-state index in [2.05, 4.69) is 17.1 Å². The minimum Gasteiger partial charge on any atom is -0.327 e. The fourth-order valence-corrected chi connectivity index (χ4v) is 1.28. The first-order chi connectivity index (χ1) is 5.65. The summed E-state index contributed by atoms with van der Waals surface area (Å²) in [5, 5.41) is 7.08. The Balaban J connectivity index is 2.73. The van der Waals surface area contributed by atoms with Crippen LogP contribution in [-0.4, -0.2) is 16.2 Å². The molecule has 12 heavy (non-hydrogen) atoms. The Kier molecular flexibility index (Phi) is 2.87. The third-order valence-corrected chi connectivity index (χ3v) is 2.27. The summed E-state index contributed by atoms with van der Waals surface area (Å²) in [6.45, 7) is 6.16. The SMILES string of the molecule is CCC(N)Cc1c(C)n[nH]c1C. The Hall–Kier alpha value is -0.830. The Morgan fingerprint density at radius 1 is 1.50 bits per heavy atom. The van der Waals surface area contributed by atoms with Gasteiger partial charge in [-0.25, -0.2) is 0 Å². The van der Waals surface area contributed by atoms with Crippen molar-refractivity contribution in [1.29, 1.82) is 0 Å². The summed E-state index contributed by atoms with van der Waals surface area (Å²) in [5.41, 5.74) is 9.37. The number of aromatic nitrogens is 2. The Bertz CT molecular complexity index is 233. The summed E-state index contributed by atoms with van der Waals surface area (Å²) in [5.74, 6) is 0. The summed E-state index contributed by atoms with van der Waals surface area (Å²) in [6, 6.07) is 0.264. The van der Waals surface area contributed by atoms with Crippen molar-refractivity contribution in [2.45, 2.75) is 39.7 Å². The maximum absolute atomic E-state index is 5.86. The molecule has 0 saturated carbocycles. The van der Waals surface area contributed by atoms with Crippen LogP contribution in [-0.2, 0) is 6.42 Å². The lowest BCUT2D eigenvalue weighted by Gasteiger charge is -2.07. The van der Waals surface area contributed by atoms with Gasteiger partial charge in [0.2, 0.25) is 0 Å². The number of H-pyrrole nitrogens is 1. The van der Waals surface area contributed by atoms with Crippen LogP contribution in [0.4, 0.5) is 0 Å². The average Bonchev–Trinajstić information content (AvgIpc) is 2.35. The Morgan fingerprint density at radius 3 is 2.58 bits per heavy atom. The maximum Gasteiger partial charge on any atom is 0.0626 e. The van der Waals surface area contributed by atoms with Crippen LogP contribution >= 0.6 is 0 Å². The second-order valence-electron chi connectivity index (χ2n) is 3.29. The summed E-state index contributed by atoms with van der Waals surface area (Å²) in [4.78, 5) is 0. The third-order valence-electron chi connectivity index (χ3n) is 2.27. The molecule has 0 fully saturated rings. The number of hydrogen-bond donors (Lipinski definition) is 2. The van der Waals surface area contributed by atoms with E-state index in [0.29, 0.717) is 0 Å². The number of aryl methyl sites for hydroxylation is 2. The first-order valence-corrected chi connectivity index (χ1v) is 4.41. The van der Waals surface area contributed by atoms with Crippen LogP contribution in [0.25, 0.3) is 0 Å². The van der Waals surface area contributed by atoms with E-state index >= 15 is 0 Å². The van der Waals surface area contributed by atoms with Crippen LogP contribution in [0, 0.1) is 13.8 Å². The van der Waals surface area contributed by atoms with E-state index in [1.807, 2.05) is 13.8 Å². The monoisotopic (exact) mass is 167 g/mol. The number of nitrogens with two attached hydrogens (primary N) is 1. The van der Waals surface area contributed by atoms with Gasteiger partial charge in [0.1, 0.15) is 0 Å². The Morgan fingerprint density at radius 2 is 2.17 bits per heavy atom. The van der Waals surface area contributed by atoms with Gasteiger partial charge in [-0.05, 0) is 32.3 Å². The molecule has 0 bridgehead atoms. The number of aromatic amines is 1. The lowest BCUT2D eigenvalue weighted by molar-refractivity contribution is 0.643. The van der Waals surface area contributed by atoms with Crippen molar-refractivity contribution in [2.75, 3.05) is 0 Å². The van der Waals surface area contributed by atoms with E-state index < -0.39 is 0 Å². The summed E-state index contributed by atoms with van der Waals surface area (Å²) in [7, 11) is 0. The van der Waals surface area contributed by atoms with Gasteiger partial charge in [-0.2, -0.15) is 5.10 Å². The molecule has 1 atom stereocenters. The van der Waals surface area contributed by atoms with Crippen molar-refractivity contribution in [1.82, 2.24) is 10.2 Å². The molecule has 0 aliphatic carbocycles. The molecular weight excluding hydrogens is 150 g/mol. The molecule has 0 aliphatic rings. The molecule has 3 nitrogen and oxygen atoms in total. The highest BCUT2D eigenvalue weighted by molar-refractivity contribution is 5.23. The molecule has 1 rings (SSSR count). The molecule has 68 valence electrons. The summed E-state index contributed by atoms with van der Waals surface area (Å²) >= 11 is 0. The zero-order valence-electron chi connectivity index (χ0n) is 8.02. The lowest BCUT2D eigenvalue weighted by atomic mass is 10.0. The van der Waals surface area contributed by atoms with Crippen molar-refractivity contribution in [3.63, 3.8) is 0 Å². The topological polar surface area (TPSA) is 54.7 Å². The van der Waals surface area contributed by atoms with E-state index in [-0.39, 0.29) is 6.04 Å². The molecule has 0 saturated heterocycles. The fraction of sp³-hybridized carbons (Fsp3) is 0.667. The van der Waals surface area contributed by atoms with Crippen LogP contribution in [0.5, 0.6) is 0 Å². The van der Waals surface area contributed by atoms with Gasteiger partial charge in [0.15, 0.2) is 0 Å². The van der Waals surface area contributed by atoms with Gasteiger partial charge < -0.3 is 5.73 Å². The zero-order chi connectivity index (χ0) is 9.14. The highest BCUT2D eigenvalue weighted by atomic mass is 15.1. The van der Waals surface area contributed by atoms with Gasteiger partial charge >= 0.3 is 0 Å². The predicted molar refractivity (Wildman–Crippen MR) is 50.0 cm³/mol. The van der Waals surface area contributed by atoms with Gasteiger partial charge in [0.25, 0.3) is 0 Å². The smallest absolute Gasteiger partial charge is 0.0626 e. The molecule has 1 aromatic heterocycles. The molecule has 1 unspecified atom stereocenters. The normalized spacial score (nSPS) is 13.3. The predicted octanol–water partition coefficient (Wildman–Crippen LogP) is 1.31. The van der Waals surface area contributed by atoms with Crippen LogP contribution in [0.1, 0.15) is 30.3 Å². The molecule has 1 aromatic rings. The van der Waals surface area contributed by atoms with E-state index in [9.17, 15) is 0 Å². The third kappa shape index (κ3) is 1.85. The lowest BCUT2D eigenvalue weighted by Crippen LogP contribution is -2.21. The van der Waals surface area contributed by atoms with Gasteiger partial charge in [0, 0.05) is 11.7 Å². The largest absolute Gasteiger partial charge is 0.327 e. The highest BCUT2D eigenvalue weighted by Gasteiger charge is 2.09. The van der Waals surface area contributed by atoms with Gasteiger partial charge in [0.05, 0.1) is 5.69 Å². The summed E-state index contributed by atoms with van der Waals surface area (Å²) in [6.07, 6.45) is 1.95. The van der Waals surface area contributed by atoms with Crippen molar-refractivity contribution in [3.05, 3.63) is 17.0 Å². The number of nitrogens with one attached hydrogen (secondary N) is 1. The molecule has 0 radical (unpaired) electrons. The maximum atomic E-state index is 5.86. The van der Waals surface area contributed by atoms with Crippen molar-refractivity contribution in [3.8, 4) is 0 Å². The first kappa shape index (κ1) is 9.26. The van der Waals surface area contributed by atoms with Crippen LogP contribution in [0.15, 0.2) is 0 Å². The molecule has 3 heteroatoms. The second kappa shape index (κ2) is 3.72. The fourth-order valence-electron chi connectivity index (χ4n) is 1.28. The van der Waals surface area contributed by atoms with E-state index in [0.717, 1.165) is 24.2 Å². The molecule has 0 aliphatic heterocycles. The van der Waals surface area contributed by atoms with Crippen molar-refractivity contribution in [2.24, 2.45) is 5.73 Å². The number of nitrogens with zero attached hydrogens (tertiary/aromatic N) is 1. The highest BCUT2D eigenvalue weighted by Crippen LogP contribution is 2.11. The van der Waals surface area contributed by atoms with Crippen LogP contribution < -0.4 is 5.73 Å². The minimum atomic E-state index is 0.264. The number of rotatable bonds is 3. The van der Waals surface area contributed by atoms with Crippen molar-refractivity contribution >= 4 is 0 Å². The standard InChI is InChI=1S/C9H17N3/c1-4-8(10)5-9-6(2)11-12-7(9)3/h8H,4-5,10H2,1-3H3,(H,11,12). The van der Waals surface area contributed by atoms with Gasteiger partial charge in [-0.1, -0.05) is 6.92 Å². The van der Waals surface area contributed by atoms with Crippen molar-refractivity contribution < 1.29 is 0 Å². The quantitative estimate of drug-likeness (QED) is 0.713. The van der Waals surface area contributed by atoms with E-state index in [4.69, 9.17) is 5.73 Å². The molecule has 0 aromatic carbocycles. The van der Waals surface area contributed by atoms with Gasteiger partial charge in [-0.15, -0.1) is 0 Å². The minimum absolute atomic E-state index is 0.264. The molecule has 3 N–H and O–H groups in total. The van der Waals surface area contributed by atoms with Gasteiger partial charge in [-0.3, -0.25) is 5.10 Å². The number of hydrogen-bond acceptors (Lipinski definition) is 2. The molecule has 1 heterocycles. The molecule has 0 spiro atoms. The molecular formula is C9H17N3. The second-order valence-corrected chi connectivity index (χ2v) is 3.29. The van der Waals surface area contributed by atoms with Crippen LogP contribution in [0.3, 0.4) is 0 Å². The van der Waals surface area contributed by atoms with E-state index in [1.54, 1.807) is 0 Å². The van der Waals surface area contributed by atoms with E-state index in [1.165, 1.54) is 5.56 Å². The summed E-state index contributed by atoms with van der Waals surface area (Å²) < 4.78 is 0. The Labute approximate surface area is 73.4 Å². The average molecular weight is 167 g/mol. The molecule has 0 amide bonds. The zero-order valence-corrected chi connectivity index (χ0v) is 8.02. The van der Waals surface area contributed by atoms with Crippen LogP contribution in [0.2, 0.25) is 0 Å².